The highest BCUT2D eigenvalue weighted by atomic mass is 79.9. The van der Waals surface area contributed by atoms with Gasteiger partial charge in [-0.3, -0.25) is 0 Å². The number of halogens is 1. The summed E-state index contributed by atoms with van der Waals surface area (Å²) in [5.41, 5.74) is 4.33. The van der Waals surface area contributed by atoms with Gasteiger partial charge in [0.25, 0.3) is 0 Å². The summed E-state index contributed by atoms with van der Waals surface area (Å²) in [6.45, 7) is 4.31. The Morgan fingerprint density at radius 3 is 2.43 bits per heavy atom. The molecule has 42 heavy (non-hydrogen) atoms. The smallest absolute Gasteiger partial charge is 0.352 e. The van der Waals surface area contributed by atoms with Crippen molar-refractivity contribution in [2.75, 3.05) is 14.2 Å². The van der Waals surface area contributed by atoms with Crippen molar-refractivity contribution >= 4 is 75.5 Å². The number of benzene rings is 3. The Kier molecular flexibility index (Phi) is 7.84. The Hall–Kier alpha value is -2.92. The summed E-state index contributed by atoms with van der Waals surface area (Å²) in [4.78, 5) is 13.5. The van der Waals surface area contributed by atoms with Crippen LogP contribution >= 0.6 is 38.6 Å². The molecule has 6 nitrogen and oxygen atoms in total. The molecule has 2 aromatic heterocycles. The summed E-state index contributed by atoms with van der Waals surface area (Å²) < 4.78 is 45.3. The van der Waals surface area contributed by atoms with Gasteiger partial charge in [0.2, 0.25) is 4.21 Å². The molecule has 218 valence electrons. The van der Waals surface area contributed by atoms with Crippen molar-refractivity contribution in [1.29, 1.82) is 0 Å². The molecule has 0 spiro atoms. The third-order valence-corrected chi connectivity index (χ3v) is 13.1. The number of esters is 1. The fraction of sp³-hybridized carbons (Fsp3) is 0.281. The lowest BCUT2D eigenvalue weighted by atomic mass is 9.89. The summed E-state index contributed by atoms with van der Waals surface area (Å²) >= 11 is 6.54. The number of fused-ring (bicyclic) bond motifs is 2. The van der Waals surface area contributed by atoms with Crippen LogP contribution in [0.5, 0.6) is 11.5 Å². The zero-order valence-corrected chi connectivity index (χ0v) is 27.6. The second kappa shape index (κ2) is 11.3. The number of rotatable bonds is 7. The van der Waals surface area contributed by atoms with E-state index in [1.807, 2.05) is 12.1 Å². The number of aryl methyl sites for hydroxylation is 2. The fourth-order valence-electron chi connectivity index (χ4n) is 5.97. The number of carbonyl (C=O) groups excluding carboxylic acids is 1. The molecule has 0 unspecified atom stereocenters. The van der Waals surface area contributed by atoms with Crippen LogP contribution in [0.15, 0.2) is 56.5 Å². The van der Waals surface area contributed by atoms with Gasteiger partial charge in [0.1, 0.15) is 11.3 Å². The largest absolute Gasteiger partial charge is 0.493 e. The van der Waals surface area contributed by atoms with Crippen molar-refractivity contribution in [2.45, 2.75) is 49.7 Å². The first-order valence-electron chi connectivity index (χ1n) is 13.6. The molecule has 5 aromatic rings. The topological polar surface area (TPSA) is 78.9 Å². The van der Waals surface area contributed by atoms with Gasteiger partial charge >= 0.3 is 16.1 Å². The molecule has 1 aliphatic carbocycles. The minimum atomic E-state index is -4.30. The maximum Gasteiger partial charge on any atom is 0.352 e. The van der Waals surface area contributed by atoms with E-state index < -0.39 is 16.1 Å². The number of ether oxygens (including phenoxy) is 2. The Bertz CT molecular complexity index is 1970. The Morgan fingerprint density at radius 2 is 1.74 bits per heavy atom. The Labute approximate surface area is 261 Å². The molecule has 10 heteroatoms. The summed E-state index contributed by atoms with van der Waals surface area (Å²) in [6, 6.07) is 14.2. The molecular weight excluding hydrogens is 656 g/mol. The van der Waals surface area contributed by atoms with Gasteiger partial charge in [0, 0.05) is 20.1 Å². The maximum atomic E-state index is 13.6. The SMILES string of the molecule is COC(=O)c1csc(S(=O)(=O)Oc2ccc(-c3c4ccccc4c(Br)c4sc(C)c(C)c34)cc2C2CCCC2)c1OC. The predicted octanol–water partition coefficient (Wildman–Crippen LogP) is 9.38. The number of carbonyl (C=O) groups is 1. The van der Waals surface area contributed by atoms with Crippen molar-refractivity contribution in [2.24, 2.45) is 0 Å². The summed E-state index contributed by atoms with van der Waals surface area (Å²) in [5.74, 6) is -0.268. The van der Waals surface area contributed by atoms with E-state index in [4.69, 9.17) is 13.7 Å². The molecule has 0 N–H and O–H groups in total. The van der Waals surface area contributed by atoms with Crippen molar-refractivity contribution in [3.8, 4) is 22.6 Å². The second-order valence-corrected chi connectivity index (χ2v) is 15.1. The van der Waals surface area contributed by atoms with E-state index in [1.54, 1.807) is 17.4 Å². The summed E-state index contributed by atoms with van der Waals surface area (Å²) in [6.07, 6.45) is 4.08. The highest BCUT2D eigenvalue weighted by Gasteiger charge is 2.32. The average molecular weight is 686 g/mol. The maximum absolute atomic E-state index is 13.6. The van der Waals surface area contributed by atoms with E-state index in [0.29, 0.717) is 5.75 Å². The number of hydrogen-bond acceptors (Lipinski definition) is 8. The molecule has 2 heterocycles. The van der Waals surface area contributed by atoms with Crippen LogP contribution in [0.1, 0.15) is 58.0 Å². The van der Waals surface area contributed by atoms with Gasteiger partial charge in [-0.1, -0.05) is 43.2 Å². The second-order valence-electron chi connectivity index (χ2n) is 10.5. The summed E-state index contributed by atoms with van der Waals surface area (Å²) in [7, 11) is -1.74. The molecule has 1 fully saturated rings. The first-order chi connectivity index (χ1) is 20.2. The average Bonchev–Trinajstić information content (AvgIpc) is 3.74. The highest BCUT2D eigenvalue weighted by Crippen LogP contribution is 2.49. The lowest BCUT2D eigenvalue weighted by molar-refractivity contribution is 0.0597. The van der Waals surface area contributed by atoms with Crippen LogP contribution in [-0.2, 0) is 14.9 Å². The quantitative estimate of drug-likeness (QED) is 0.126. The summed E-state index contributed by atoms with van der Waals surface area (Å²) in [5, 5.41) is 4.89. The normalized spacial score (nSPS) is 14.1. The molecule has 0 aliphatic heterocycles. The van der Waals surface area contributed by atoms with E-state index in [-0.39, 0.29) is 21.4 Å². The Balaban J connectivity index is 1.53. The molecule has 1 saturated carbocycles. The van der Waals surface area contributed by atoms with E-state index >= 15 is 0 Å². The van der Waals surface area contributed by atoms with Crippen LogP contribution in [0.25, 0.3) is 32.0 Å². The van der Waals surface area contributed by atoms with Crippen LogP contribution in [0, 0.1) is 13.8 Å². The molecule has 0 bridgehead atoms. The van der Waals surface area contributed by atoms with Crippen LogP contribution in [0.4, 0.5) is 0 Å². The first-order valence-corrected chi connectivity index (χ1v) is 17.5. The lowest BCUT2D eigenvalue weighted by Gasteiger charge is -2.19. The molecule has 0 radical (unpaired) electrons. The lowest BCUT2D eigenvalue weighted by Crippen LogP contribution is -2.12. The third kappa shape index (κ3) is 4.82. The van der Waals surface area contributed by atoms with Crippen LogP contribution in [-0.4, -0.2) is 28.6 Å². The predicted molar refractivity (Wildman–Crippen MR) is 173 cm³/mol. The molecular formula is C32H29BrO6S3. The van der Waals surface area contributed by atoms with Gasteiger partial charge in [-0.15, -0.1) is 22.7 Å². The number of hydrogen-bond donors (Lipinski definition) is 0. The van der Waals surface area contributed by atoms with E-state index in [2.05, 4.69) is 54.0 Å². The first kappa shape index (κ1) is 29.2. The minimum absolute atomic E-state index is 0.0473. The zero-order chi connectivity index (χ0) is 29.8. The molecule has 3 aromatic carbocycles. The zero-order valence-electron chi connectivity index (χ0n) is 23.6. The Morgan fingerprint density at radius 1 is 1.02 bits per heavy atom. The molecule has 0 amide bonds. The van der Waals surface area contributed by atoms with Crippen molar-refractivity contribution < 1.29 is 26.9 Å². The van der Waals surface area contributed by atoms with Gasteiger partial charge in [-0.2, -0.15) is 8.42 Å². The molecule has 1 aliphatic rings. The fourth-order valence-corrected chi connectivity index (χ4v) is 10.2. The van der Waals surface area contributed by atoms with Crippen molar-refractivity contribution in [1.82, 2.24) is 0 Å². The van der Waals surface area contributed by atoms with E-state index in [9.17, 15) is 13.2 Å². The van der Waals surface area contributed by atoms with Crippen molar-refractivity contribution in [3.05, 3.63) is 73.9 Å². The molecule has 6 rings (SSSR count). The molecule has 0 saturated heterocycles. The van der Waals surface area contributed by atoms with Crippen LogP contribution < -0.4 is 8.92 Å². The van der Waals surface area contributed by atoms with Gasteiger partial charge in [-0.25, -0.2) is 4.79 Å². The van der Waals surface area contributed by atoms with E-state index in [1.165, 1.54) is 40.1 Å². The van der Waals surface area contributed by atoms with Gasteiger partial charge in [0.05, 0.1) is 18.9 Å². The number of thiophene rings is 2. The highest BCUT2D eigenvalue weighted by molar-refractivity contribution is 9.11. The minimum Gasteiger partial charge on any atom is -0.493 e. The monoisotopic (exact) mass is 684 g/mol. The van der Waals surface area contributed by atoms with Crippen molar-refractivity contribution in [3.63, 3.8) is 0 Å². The van der Waals surface area contributed by atoms with Crippen LogP contribution in [0.2, 0.25) is 0 Å². The molecule has 0 atom stereocenters. The van der Waals surface area contributed by atoms with Gasteiger partial charge in [-0.05, 0) is 93.7 Å². The van der Waals surface area contributed by atoms with Crippen LogP contribution in [0.3, 0.4) is 0 Å². The third-order valence-electron chi connectivity index (χ3n) is 8.11. The van der Waals surface area contributed by atoms with Gasteiger partial charge < -0.3 is 13.7 Å². The van der Waals surface area contributed by atoms with E-state index in [0.717, 1.165) is 69.0 Å². The number of methoxy groups -OCH3 is 2. The standard InChI is InChI=1S/C32H29BrO6S3/c1-17-18(2)41-30-26(17)27(21-11-7-8-12-22(21)28(30)33)20-13-14-25(23(15-20)19-9-5-6-10-19)39-42(35,36)32-29(37-3)24(16-40-32)31(34)38-4/h7-8,11-16,19H,5-6,9-10H2,1-4H3. The van der Waals surface area contributed by atoms with Gasteiger partial charge in [0.15, 0.2) is 5.75 Å².